The molecule has 0 bridgehead atoms. The minimum absolute atomic E-state index is 0.0642. The summed E-state index contributed by atoms with van der Waals surface area (Å²) in [5, 5.41) is 2.83. The minimum atomic E-state index is -3.54. The molecule has 8 heteroatoms. The first-order chi connectivity index (χ1) is 14.9. The fourth-order valence-electron chi connectivity index (χ4n) is 4.10. The SMILES string of the molecule is CN(C1CCCCC1)S(=O)(=O)c1ccc(NC(=O)CCc2ccc3c(c2)OCO3)cc1. The normalized spacial score (nSPS) is 16.5. The Kier molecular flexibility index (Phi) is 6.48. The van der Waals surface area contributed by atoms with Crippen molar-refractivity contribution < 1.29 is 22.7 Å². The van der Waals surface area contributed by atoms with Gasteiger partial charge in [-0.15, -0.1) is 0 Å². The lowest BCUT2D eigenvalue weighted by molar-refractivity contribution is -0.116. The lowest BCUT2D eigenvalue weighted by Crippen LogP contribution is -2.38. The summed E-state index contributed by atoms with van der Waals surface area (Å²) in [7, 11) is -1.87. The summed E-state index contributed by atoms with van der Waals surface area (Å²) in [5.74, 6) is 1.29. The Labute approximate surface area is 183 Å². The molecule has 2 aromatic carbocycles. The molecule has 31 heavy (non-hydrogen) atoms. The second-order valence-corrected chi connectivity index (χ2v) is 10.1. The van der Waals surface area contributed by atoms with E-state index < -0.39 is 10.0 Å². The van der Waals surface area contributed by atoms with Gasteiger partial charge in [0.1, 0.15) is 0 Å². The third kappa shape index (κ3) is 5.02. The van der Waals surface area contributed by atoms with Crippen molar-refractivity contribution >= 4 is 21.6 Å². The molecule has 7 nitrogen and oxygen atoms in total. The standard InChI is InChI=1S/C23H28N2O5S/c1-25(19-5-3-2-4-6-19)31(27,28)20-11-9-18(10-12-20)24-23(26)14-8-17-7-13-21-22(15-17)30-16-29-21/h7,9-13,15,19H,2-6,8,14,16H2,1H3,(H,24,26). The van der Waals surface area contributed by atoms with Gasteiger partial charge in [0.05, 0.1) is 4.90 Å². The van der Waals surface area contributed by atoms with Crippen LogP contribution in [-0.2, 0) is 21.2 Å². The maximum atomic E-state index is 12.9. The van der Waals surface area contributed by atoms with Crippen LogP contribution in [0.3, 0.4) is 0 Å². The van der Waals surface area contributed by atoms with Gasteiger partial charge in [-0.05, 0) is 61.2 Å². The molecule has 2 aliphatic rings. The van der Waals surface area contributed by atoms with E-state index in [4.69, 9.17) is 9.47 Å². The van der Waals surface area contributed by atoms with Crippen LogP contribution in [0.1, 0.15) is 44.1 Å². The first kappa shape index (κ1) is 21.6. The van der Waals surface area contributed by atoms with Crippen LogP contribution in [0.25, 0.3) is 0 Å². The Bertz CT molecular complexity index is 1030. The molecule has 0 unspecified atom stereocenters. The van der Waals surface area contributed by atoms with Crippen molar-refractivity contribution in [1.82, 2.24) is 4.31 Å². The van der Waals surface area contributed by atoms with Gasteiger partial charge in [-0.1, -0.05) is 25.3 Å². The van der Waals surface area contributed by atoms with E-state index in [1.54, 1.807) is 31.3 Å². The summed E-state index contributed by atoms with van der Waals surface area (Å²) in [6.07, 6.45) is 6.02. The number of benzene rings is 2. The van der Waals surface area contributed by atoms with Crippen LogP contribution in [0.4, 0.5) is 5.69 Å². The van der Waals surface area contributed by atoms with Gasteiger partial charge in [0.25, 0.3) is 0 Å². The van der Waals surface area contributed by atoms with Gasteiger partial charge in [-0.3, -0.25) is 4.79 Å². The summed E-state index contributed by atoms with van der Waals surface area (Å²) < 4.78 is 38.0. The number of nitrogens with zero attached hydrogens (tertiary/aromatic N) is 1. The largest absolute Gasteiger partial charge is 0.454 e. The third-order valence-electron chi connectivity index (χ3n) is 5.98. The van der Waals surface area contributed by atoms with Crippen molar-refractivity contribution in [3.8, 4) is 11.5 Å². The highest BCUT2D eigenvalue weighted by molar-refractivity contribution is 7.89. The van der Waals surface area contributed by atoms with Crippen LogP contribution >= 0.6 is 0 Å². The number of carbonyl (C=O) groups excluding carboxylic acids is 1. The quantitative estimate of drug-likeness (QED) is 0.699. The number of aryl methyl sites for hydroxylation is 1. The van der Waals surface area contributed by atoms with Crippen molar-refractivity contribution in [3.05, 3.63) is 48.0 Å². The van der Waals surface area contributed by atoms with Crippen molar-refractivity contribution in [2.45, 2.75) is 55.9 Å². The minimum Gasteiger partial charge on any atom is -0.454 e. The average Bonchev–Trinajstić information content (AvgIpc) is 3.26. The molecule has 0 atom stereocenters. The van der Waals surface area contributed by atoms with Crippen LogP contribution in [0, 0.1) is 0 Å². The lowest BCUT2D eigenvalue weighted by atomic mass is 9.96. The van der Waals surface area contributed by atoms with E-state index in [1.807, 2.05) is 18.2 Å². The molecule has 0 saturated heterocycles. The molecule has 166 valence electrons. The summed E-state index contributed by atoms with van der Waals surface area (Å²) in [6.45, 7) is 0.224. The number of hydrogen-bond acceptors (Lipinski definition) is 5. The number of nitrogens with one attached hydrogen (secondary N) is 1. The predicted molar refractivity (Wildman–Crippen MR) is 118 cm³/mol. The molecule has 0 spiro atoms. The summed E-state index contributed by atoms with van der Waals surface area (Å²) in [4.78, 5) is 12.6. The van der Waals surface area contributed by atoms with Crippen LogP contribution in [0.2, 0.25) is 0 Å². The molecule has 1 aliphatic carbocycles. The Morgan fingerprint density at radius 1 is 1.03 bits per heavy atom. The second-order valence-electron chi connectivity index (χ2n) is 8.07. The number of rotatable bonds is 7. The van der Waals surface area contributed by atoms with Crippen LogP contribution in [-0.4, -0.2) is 38.5 Å². The molecule has 1 N–H and O–H groups in total. The average molecular weight is 445 g/mol. The molecular weight excluding hydrogens is 416 g/mol. The topological polar surface area (TPSA) is 84.9 Å². The Morgan fingerprint density at radius 2 is 1.74 bits per heavy atom. The Balaban J connectivity index is 1.33. The molecule has 0 aromatic heterocycles. The van der Waals surface area contributed by atoms with E-state index in [2.05, 4.69) is 5.32 Å². The number of anilines is 1. The molecule has 1 saturated carbocycles. The van der Waals surface area contributed by atoms with Gasteiger partial charge >= 0.3 is 0 Å². The molecule has 4 rings (SSSR count). The van der Waals surface area contributed by atoms with Gasteiger partial charge in [0.15, 0.2) is 11.5 Å². The fourth-order valence-corrected chi connectivity index (χ4v) is 5.51. The number of fused-ring (bicyclic) bond motifs is 1. The van der Waals surface area contributed by atoms with Crippen molar-refractivity contribution in [1.29, 1.82) is 0 Å². The maximum absolute atomic E-state index is 12.9. The van der Waals surface area contributed by atoms with E-state index in [0.717, 1.165) is 37.0 Å². The van der Waals surface area contributed by atoms with Crippen LogP contribution < -0.4 is 14.8 Å². The second kappa shape index (κ2) is 9.28. The number of amides is 1. The molecule has 1 aliphatic heterocycles. The first-order valence-corrected chi connectivity index (χ1v) is 12.1. The van der Waals surface area contributed by atoms with Crippen LogP contribution in [0.15, 0.2) is 47.4 Å². The third-order valence-corrected chi connectivity index (χ3v) is 7.91. The van der Waals surface area contributed by atoms with Gasteiger partial charge in [-0.25, -0.2) is 8.42 Å². The Hall–Kier alpha value is -2.58. The van der Waals surface area contributed by atoms with Crippen molar-refractivity contribution in [3.63, 3.8) is 0 Å². The van der Waals surface area contributed by atoms with Gasteiger partial charge < -0.3 is 14.8 Å². The maximum Gasteiger partial charge on any atom is 0.243 e. The van der Waals surface area contributed by atoms with E-state index in [0.29, 0.717) is 24.3 Å². The molecule has 1 amide bonds. The van der Waals surface area contributed by atoms with Gasteiger partial charge in [-0.2, -0.15) is 4.31 Å². The van der Waals surface area contributed by atoms with Gasteiger partial charge in [0.2, 0.25) is 22.7 Å². The predicted octanol–water partition coefficient (Wildman–Crippen LogP) is 3.94. The molecule has 2 aromatic rings. The van der Waals surface area contributed by atoms with Crippen LogP contribution in [0.5, 0.6) is 11.5 Å². The number of carbonyl (C=O) groups is 1. The Morgan fingerprint density at radius 3 is 2.48 bits per heavy atom. The van der Waals surface area contributed by atoms with E-state index in [1.165, 1.54) is 10.7 Å². The number of hydrogen-bond donors (Lipinski definition) is 1. The molecule has 0 radical (unpaired) electrons. The zero-order valence-corrected chi connectivity index (χ0v) is 18.5. The zero-order chi connectivity index (χ0) is 21.8. The molecular formula is C23H28N2O5S. The van der Waals surface area contributed by atoms with Crippen molar-refractivity contribution in [2.75, 3.05) is 19.2 Å². The molecule has 1 heterocycles. The number of sulfonamides is 1. The fraction of sp³-hybridized carbons (Fsp3) is 0.435. The highest BCUT2D eigenvalue weighted by Crippen LogP contribution is 2.33. The van der Waals surface area contributed by atoms with Gasteiger partial charge in [0, 0.05) is 25.2 Å². The lowest BCUT2D eigenvalue weighted by Gasteiger charge is -2.30. The summed E-state index contributed by atoms with van der Waals surface area (Å²) in [6, 6.07) is 12.1. The molecule has 1 fully saturated rings. The van der Waals surface area contributed by atoms with E-state index in [9.17, 15) is 13.2 Å². The summed E-state index contributed by atoms with van der Waals surface area (Å²) in [5.41, 5.74) is 1.57. The summed E-state index contributed by atoms with van der Waals surface area (Å²) >= 11 is 0. The monoisotopic (exact) mass is 444 g/mol. The highest BCUT2D eigenvalue weighted by Gasteiger charge is 2.28. The zero-order valence-electron chi connectivity index (χ0n) is 17.7. The number of ether oxygens (including phenoxy) is 2. The van der Waals surface area contributed by atoms with Crippen molar-refractivity contribution in [2.24, 2.45) is 0 Å². The highest BCUT2D eigenvalue weighted by atomic mass is 32.2. The van der Waals surface area contributed by atoms with E-state index >= 15 is 0 Å². The van der Waals surface area contributed by atoms with E-state index in [-0.39, 0.29) is 23.6 Å². The smallest absolute Gasteiger partial charge is 0.243 e. The first-order valence-electron chi connectivity index (χ1n) is 10.7.